The number of para-hydroxylation sites is 1. The second kappa shape index (κ2) is 14.3. The van der Waals surface area contributed by atoms with E-state index in [9.17, 15) is 9.59 Å². The molecule has 47 heavy (non-hydrogen) atoms. The zero-order valence-corrected chi connectivity index (χ0v) is 27.3. The van der Waals surface area contributed by atoms with Crippen molar-refractivity contribution in [3.05, 3.63) is 151 Å². The van der Waals surface area contributed by atoms with Crippen molar-refractivity contribution in [3.63, 3.8) is 0 Å². The van der Waals surface area contributed by atoms with E-state index in [-0.39, 0.29) is 11.5 Å². The maximum atomic E-state index is 14.2. The van der Waals surface area contributed by atoms with E-state index in [1.807, 2.05) is 123 Å². The van der Waals surface area contributed by atoms with Crippen LogP contribution in [0.15, 0.2) is 124 Å². The Hall–Kier alpha value is -5.41. The van der Waals surface area contributed by atoms with Crippen molar-refractivity contribution >= 4 is 29.0 Å². The smallest absolute Gasteiger partial charge is 0.271 e. The van der Waals surface area contributed by atoms with Crippen LogP contribution in [-0.2, 0) is 11.4 Å². The van der Waals surface area contributed by atoms with Crippen molar-refractivity contribution < 1.29 is 19.0 Å². The summed E-state index contributed by atoms with van der Waals surface area (Å²) in [6.45, 7) is 7.05. The van der Waals surface area contributed by atoms with Crippen LogP contribution in [0.3, 0.4) is 0 Å². The summed E-state index contributed by atoms with van der Waals surface area (Å²) < 4.78 is 19.7. The van der Waals surface area contributed by atoms with Gasteiger partial charge in [0.05, 0.1) is 35.1 Å². The van der Waals surface area contributed by atoms with Crippen molar-refractivity contribution in [1.82, 2.24) is 4.57 Å². The lowest BCUT2D eigenvalue weighted by atomic mass is 9.95. The Morgan fingerprint density at radius 3 is 2.28 bits per heavy atom. The molecule has 4 aromatic carbocycles. The molecule has 8 nitrogen and oxygen atoms in total. The van der Waals surface area contributed by atoms with Gasteiger partial charge in [0.15, 0.2) is 16.3 Å². The van der Waals surface area contributed by atoms with Crippen LogP contribution in [0.5, 0.6) is 17.2 Å². The summed E-state index contributed by atoms with van der Waals surface area (Å²) in [7, 11) is 0. The van der Waals surface area contributed by atoms with Crippen LogP contribution in [0.4, 0.5) is 5.69 Å². The molecule has 5 aromatic rings. The Morgan fingerprint density at radius 2 is 1.57 bits per heavy atom. The minimum absolute atomic E-state index is 0.243. The highest BCUT2D eigenvalue weighted by molar-refractivity contribution is 7.07. The molecule has 238 valence electrons. The zero-order chi connectivity index (χ0) is 32.8. The van der Waals surface area contributed by atoms with Crippen LogP contribution in [0.1, 0.15) is 43.5 Å². The summed E-state index contributed by atoms with van der Waals surface area (Å²) >= 11 is 1.28. The highest BCUT2D eigenvalue weighted by Crippen LogP contribution is 2.32. The third kappa shape index (κ3) is 7.05. The molecule has 0 aliphatic carbocycles. The fourth-order valence-corrected chi connectivity index (χ4v) is 6.50. The number of aromatic nitrogens is 1. The van der Waals surface area contributed by atoms with Crippen LogP contribution >= 0.6 is 11.3 Å². The number of hydrogen-bond donors (Lipinski definition) is 1. The summed E-state index contributed by atoms with van der Waals surface area (Å²) in [6, 6.07) is 31.6. The number of nitrogens with zero attached hydrogens (tertiary/aromatic N) is 2. The second-order valence-corrected chi connectivity index (χ2v) is 11.8. The van der Waals surface area contributed by atoms with Crippen molar-refractivity contribution in [2.75, 3.05) is 18.5 Å². The number of amides is 1. The Morgan fingerprint density at radius 1 is 0.872 bits per heavy atom. The van der Waals surface area contributed by atoms with Crippen molar-refractivity contribution in [3.8, 4) is 17.2 Å². The number of ether oxygens (including phenoxy) is 3. The van der Waals surface area contributed by atoms with E-state index in [1.165, 1.54) is 11.3 Å². The quantitative estimate of drug-likeness (QED) is 0.183. The number of rotatable bonds is 11. The van der Waals surface area contributed by atoms with Gasteiger partial charge in [0.25, 0.3) is 11.5 Å². The van der Waals surface area contributed by atoms with Crippen LogP contribution in [0, 0.1) is 0 Å². The van der Waals surface area contributed by atoms with Crippen molar-refractivity contribution in [2.24, 2.45) is 4.99 Å². The highest BCUT2D eigenvalue weighted by Gasteiger charge is 2.32. The fraction of sp³-hybridized carbons (Fsp3) is 0.184. The van der Waals surface area contributed by atoms with E-state index < -0.39 is 6.04 Å². The van der Waals surface area contributed by atoms with Gasteiger partial charge in [0.1, 0.15) is 12.4 Å². The number of thiazole rings is 1. The molecule has 6 rings (SSSR count). The molecule has 2 heterocycles. The van der Waals surface area contributed by atoms with Crippen LogP contribution in [-0.4, -0.2) is 23.7 Å². The number of allylic oxidation sites excluding steroid dienone is 1. The van der Waals surface area contributed by atoms with Gasteiger partial charge in [-0.1, -0.05) is 78.1 Å². The van der Waals surface area contributed by atoms with E-state index >= 15 is 0 Å². The molecule has 1 aromatic heterocycles. The van der Waals surface area contributed by atoms with Gasteiger partial charge < -0.3 is 19.5 Å². The first-order chi connectivity index (χ1) is 22.9. The monoisotopic (exact) mass is 645 g/mol. The first kappa shape index (κ1) is 31.6. The predicted molar refractivity (Wildman–Crippen MR) is 185 cm³/mol. The normalized spacial score (nSPS) is 14.3. The first-order valence-electron chi connectivity index (χ1n) is 15.5. The molecule has 1 amide bonds. The molecule has 0 fully saturated rings. The molecular formula is C38H35N3O5S. The minimum atomic E-state index is -0.694. The number of carbonyl (C=O) groups is 1. The third-order valence-corrected chi connectivity index (χ3v) is 8.59. The molecule has 0 saturated carbocycles. The number of hydrogen-bond acceptors (Lipinski definition) is 7. The van der Waals surface area contributed by atoms with E-state index in [2.05, 4.69) is 5.32 Å². The molecule has 0 spiro atoms. The van der Waals surface area contributed by atoms with Crippen LogP contribution in [0.25, 0.3) is 6.08 Å². The number of fused-ring (bicyclic) bond motifs is 1. The van der Waals surface area contributed by atoms with E-state index in [1.54, 1.807) is 11.5 Å². The third-order valence-electron chi connectivity index (χ3n) is 7.61. The topological polar surface area (TPSA) is 91.2 Å². The second-order valence-electron chi connectivity index (χ2n) is 10.8. The first-order valence-corrected chi connectivity index (χ1v) is 16.3. The number of benzene rings is 4. The standard InChI is InChI=1S/C38H35N3O5S/c1-4-44-30-19-17-28(18-20-30)35-34(36(42)40-29-14-10-7-11-15-29)25(3)39-38-41(35)37(43)33(47-38)23-27-16-21-31(32(22-27)45-5-2)46-24-26-12-8-6-9-13-26/h6-23,35H,4-5,24H2,1-3H3,(H,40,42)/b33-23-/t35-/m0/s1. The fourth-order valence-electron chi connectivity index (χ4n) is 5.45. The molecule has 9 heteroatoms. The highest BCUT2D eigenvalue weighted by atomic mass is 32.1. The predicted octanol–water partition coefficient (Wildman–Crippen LogP) is 6.25. The van der Waals surface area contributed by atoms with E-state index in [0.29, 0.717) is 63.4 Å². The van der Waals surface area contributed by atoms with Gasteiger partial charge >= 0.3 is 0 Å². The lowest BCUT2D eigenvalue weighted by molar-refractivity contribution is -0.113. The largest absolute Gasteiger partial charge is 0.494 e. The van der Waals surface area contributed by atoms with Gasteiger partial charge in [0.2, 0.25) is 0 Å². The molecule has 1 aliphatic heterocycles. The number of nitrogens with one attached hydrogen (secondary N) is 1. The number of carbonyl (C=O) groups excluding carboxylic acids is 1. The Balaban J connectivity index is 1.39. The van der Waals surface area contributed by atoms with E-state index in [4.69, 9.17) is 19.2 Å². The maximum absolute atomic E-state index is 14.2. The summed E-state index contributed by atoms with van der Waals surface area (Å²) in [5, 5.41) is 2.99. The molecule has 0 unspecified atom stereocenters. The zero-order valence-electron chi connectivity index (χ0n) is 26.4. The number of anilines is 1. The van der Waals surface area contributed by atoms with Gasteiger partial charge in [-0.05, 0) is 79.9 Å². The average Bonchev–Trinajstić information content (AvgIpc) is 3.39. The lowest BCUT2D eigenvalue weighted by Gasteiger charge is -2.25. The van der Waals surface area contributed by atoms with Gasteiger partial charge in [-0.25, -0.2) is 4.99 Å². The van der Waals surface area contributed by atoms with E-state index in [0.717, 1.165) is 16.7 Å². The van der Waals surface area contributed by atoms with Gasteiger partial charge in [-0.3, -0.25) is 14.2 Å². The van der Waals surface area contributed by atoms with Crippen LogP contribution in [0.2, 0.25) is 0 Å². The van der Waals surface area contributed by atoms with Gasteiger partial charge in [-0.15, -0.1) is 0 Å². The average molecular weight is 646 g/mol. The molecule has 1 atom stereocenters. The Kier molecular flexibility index (Phi) is 9.64. The minimum Gasteiger partial charge on any atom is -0.494 e. The summed E-state index contributed by atoms with van der Waals surface area (Å²) in [4.78, 5) is 33.3. The molecule has 1 aliphatic rings. The molecule has 0 radical (unpaired) electrons. The SMILES string of the molecule is CCOc1ccc([C@H]2C(C(=O)Nc3ccccc3)=C(C)N=c3s/c(=C\c4ccc(OCc5ccccc5)c(OCC)c4)c(=O)n32)cc1. The Labute approximate surface area is 276 Å². The lowest BCUT2D eigenvalue weighted by Crippen LogP contribution is -2.40. The van der Waals surface area contributed by atoms with Crippen molar-refractivity contribution in [2.45, 2.75) is 33.4 Å². The molecular weight excluding hydrogens is 611 g/mol. The summed E-state index contributed by atoms with van der Waals surface area (Å²) in [5.41, 5.74) is 3.95. The van der Waals surface area contributed by atoms with Crippen LogP contribution < -0.4 is 34.4 Å². The van der Waals surface area contributed by atoms with Gasteiger partial charge in [0, 0.05) is 5.69 Å². The maximum Gasteiger partial charge on any atom is 0.271 e. The molecule has 0 bridgehead atoms. The van der Waals surface area contributed by atoms with Gasteiger partial charge in [-0.2, -0.15) is 0 Å². The molecule has 0 saturated heterocycles. The van der Waals surface area contributed by atoms with Crippen molar-refractivity contribution in [1.29, 1.82) is 0 Å². The summed E-state index contributed by atoms with van der Waals surface area (Å²) in [6.07, 6.45) is 1.83. The summed E-state index contributed by atoms with van der Waals surface area (Å²) in [5.74, 6) is 1.60. The molecule has 1 N–H and O–H groups in total. The Bertz CT molecular complexity index is 2090.